The van der Waals surface area contributed by atoms with E-state index in [2.05, 4.69) is 74.2 Å². The number of aliphatic hydroxyl groups excluding tert-OH is 1. The van der Waals surface area contributed by atoms with Crippen molar-refractivity contribution in [2.24, 2.45) is 0 Å². The lowest BCUT2D eigenvalue weighted by Crippen LogP contribution is -2.65. The van der Waals surface area contributed by atoms with Crippen LogP contribution in [0.2, 0.25) is 11.1 Å². The molecule has 0 bridgehead atoms. The van der Waals surface area contributed by atoms with Gasteiger partial charge in [0, 0.05) is 6.42 Å². The molecule has 0 saturated heterocycles. The number of hydrogen-bond acceptors (Lipinski definition) is 4. The minimum Gasteiger partial charge on any atom is -0.391 e. The van der Waals surface area contributed by atoms with E-state index in [4.69, 9.17) is 4.89 Å². The third-order valence-corrected chi connectivity index (χ3v) is 11.3. The molecule has 4 nitrogen and oxygen atoms in total. The number of carbonyl (C=O) groups is 1. The average Bonchev–Trinajstić information content (AvgIpc) is 2.66. The number of hydrogen-bond donors (Lipinski definition) is 1. The molecule has 2 aromatic carbocycles. The van der Waals surface area contributed by atoms with Gasteiger partial charge >= 0.3 is 5.97 Å². The van der Waals surface area contributed by atoms with Crippen molar-refractivity contribution in [2.75, 3.05) is 6.61 Å². The lowest BCUT2D eigenvalue weighted by atomic mass is 10.2. The van der Waals surface area contributed by atoms with Gasteiger partial charge in [-0.05, 0) is 11.1 Å². The van der Waals surface area contributed by atoms with Crippen LogP contribution in [0, 0.1) is 0 Å². The molecule has 2 aromatic rings. The molecule has 1 atom stereocenters. The van der Waals surface area contributed by atoms with E-state index in [-0.39, 0.29) is 18.1 Å². The van der Waals surface area contributed by atoms with Gasteiger partial charge in [-0.15, -0.1) is 0 Å². The molecule has 0 radical (unpaired) electrons. The van der Waals surface area contributed by atoms with Crippen molar-refractivity contribution in [3.63, 3.8) is 0 Å². The van der Waals surface area contributed by atoms with Crippen molar-refractivity contribution in [2.45, 2.75) is 51.3 Å². The molecule has 0 amide bonds. The normalized spacial score (nSPS) is 13.2. The van der Waals surface area contributed by atoms with Gasteiger partial charge in [-0.1, -0.05) is 98.7 Å². The topological polar surface area (TPSA) is 55.8 Å². The van der Waals surface area contributed by atoms with Crippen LogP contribution in [-0.2, 0) is 14.6 Å². The summed E-state index contributed by atoms with van der Waals surface area (Å²) in [7, 11) is -2.37. The van der Waals surface area contributed by atoms with Gasteiger partial charge in [-0.2, -0.15) is 4.89 Å². The highest BCUT2D eigenvalue weighted by Crippen LogP contribution is 2.39. The smallest absolute Gasteiger partial charge is 0.342 e. The van der Waals surface area contributed by atoms with Gasteiger partial charge in [0.15, 0.2) is 0 Å². The van der Waals surface area contributed by atoms with Crippen molar-refractivity contribution >= 4 is 24.4 Å². The van der Waals surface area contributed by atoms with E-state index in [1.807, 2.05) is 12.1 Å². The van der Waals surface area contributed by atoms with Crippen molar-refractivity contribution in [1.82, 2.24) is 0 Å². The van der Waals surface area contributed by atoms with Crippen LogP contribution in [0.3, 0.4) is 0 Å². The van der Waals surface area contributed by atoms with Crippen molar-refractivity contribution in [3.05, 3.63) is 60.7 Å². The summed E-state index contributed by atoms with van der Waals surface area (Å²) in [5.41, 5.74) is 0. The van der Waals surface area contributed by atoms with Crippen LogP contribution in [0.5, 0.6) is 0 Å². The highest BCUT2D eigenvalue weighted by atomic mass is 28.3. The molecule has 146 valence electrons. The minimum atomic E-state index is -2.37. The number of benzene rings is 2. The first-order valence-corrected chi connectivity index (χ1v) is 11.6. The maximum Gasteiger partial charge on any atom is 0.342 e. The van der Waals surface area contributed by atoms with E-state index >= 15 is 0 Å². The van der Waals surface area contributed by atoms with Crippen LogP contribution in [0.25, 0.3) is 0 Å². The maximum atomic E-state index is 11.3. The Hall–Kier alpha value is -1.95. The van der Waals surface area contributed by atoms with Crippen molar-refractivity contribution < 1.29 is 19.7 Å². The Balaban J connectivity index is 2.39. The second kappa shape index (κ2) is 9.31. The number of rotatable bonds is 8. The van der Waals surface area contributed by atoms with Crippen LogP contribution in [0.1, 0.15) is 34.1 Å². The second-order valence-electron chi connectivity index (χ2n) is 7.84. The van der Waals surface area contributed by atoms with Crippen LogP contribution in [0.4, 0.5) is 0 Å². The van der Waals surface area contributed by atoms with E-state index < -0.39 is 20.1 Å². The fraction of sp³-hybridized carbons (Fsp3) is 0.409. The van der Waals surface area contributed by atoms with Gasteiger partial charge in [0.1, 0.15) is 14.7 Å². The lowest BCUT2D eigenvalue weighted by molar-refractivity contribution is -0.280. The van der Waals surface area contributed by atoms with Gasteiger partial charge in [-0.3, -0.25) is 4.89 Å². The summed E-state index contributed by atoms with van der Waals surface area (Å²) >= 11 is 0. The molecule has 5 heteroatoms. The predicted molar refractivity (Wildman–Crippen MR) is 111 cm³/mol. The molecule has 2 rings (SSSR count). The first-order valence-electron chi connectivity index (χ1n) is 9.42. The first-order chi connectivity index (χ1) is 12.8. The summed E-state index contributed by atoms with van der Waals surface area (Å²) in [6.45, 7) is 8.39. The Kier molecular flexibility index (Phi) is 7.36. The maximum absolute atomic E-state index is 11.3. The number of aliphatic hydroxyl groups is 1. The molecule has 0 fully saturated rings. The van der Waals surface area contributed by atoms with E-state index in [0.717, 1.165) is 0 Å². The summed E-state index contributed by atoms with van der Waals surface area (Å²) < 4.78 is 0. The highest BCUT2D eigenvalue weighted by Gasteiger charge is 2.48. The van der Waals surface area contributed by atoms with Gasteiger partial charge in [0.05, 0.1) is 6.10 Å². The summed E-state index contributed by atoms with van der Waals surface area (Å²) in [5.74, 6) is -0.437. The Morgan fingerprint density at radius 3 is 1.89 bits per heavy atom. The van der Waals surface area contributed by atoms with Crippen LogP contribution < -0.4 is 10.4 Å². The zero-order valence-corrected chi connectivity index (χ0v) is 17.6. The molecule has 0 aliphatic heterocycles. The third-order valence-electron chi connectivity index (χ3n) is 5.06. The molecular formula is C22H30O4Si. The number of carbonyl (C=O) groups excluding carboxylic acids is 1. The molecule has 27 heavy (non-hydrogen) atoms. The summed E-state index contributed by atoms with van der Waals surface area (Å²) in [5, 5.41) is 13.3. The Morgan fingerprint density at radius 2 is 1.48 bits per heavy atom. The van der Waals surface area contributed by atoms with E-state index in [1.54, 1.807) is 6.92 Å². The van der Waals surface area contributed by atoms with Crippen LogP contribution in [-0.4, -0.2) is 31.9 Å². The molecule has 0 heterocycles. The summed E-state index contributed by atoms with van der Waals surface area (Å²) in [6, 6.07) is 21.5. The van der Waals surface area contributed by atoms with E-state index in [1.165, 1.54) is 10.4 Å². The zero-order chi connectivity index (χ0) is 19.9. The fourth-order valence-corrected chi connectivity index (χ4v) is 9.17. The molecule has 0 unspecified atom stereocenters. The molecular weight excluding hydrogens is 356 g/mol. The van der Waals surface area contributed by atoms with Crippen LogP contribution >= 0.6 is 0 Å². The monoisotopic (exact) mass is 386 g/mol. The quantitative estimate of drug-likeness (QED) is 0.430. The molecule has 0 aliphatic carbocycles. The van der Waals surface area contributed by atoms with Gasteiger partial charge in [0.2, 0.25) is 0 Å². The Bertz CT molecular complexity index is 671. The molecule has 0 aromatic heterocycles. The van der Waals surface area contributed by atoms with Crippen molar-refractivity contribution in [1.29, 1.82) is 0 Å². The van der Waals surface area contributed by atoms with Crippen LogP contribution in [0.15, 0.2) is 60.7 Å². The van der Waals surface area contributed by atoms with E-state index in [9.17, 15) is 9.90 Å². The predicted octanol–water partition coefficient (Wildman–Crippen LogP) is 3.30. The first kappa shape index (κ1) is 21.3. The fourth-order valence-electron chi connectivity index (χ4n) is 3.67. The lowest BCUT2D eigenvalue weighted by Gasteiger charge is -2.45. The Labute approximate surface area is 163 Å². The largest absolute Gasteiger partial charge is 0.391 e. The minimum absolute atomic E-state index is 0.0315. The third kappa shape index (κ3) is 5.06. The van der Waals surface area contributed by atoms with Gasteiger partial charge < -0.3 is 5.11 Å². The standard InChI is InChI=1S/C22H30O4Si/c1-5-21(24)26-25-16-18(23)17-27(22(2,3)4,19-12-8-6-9-13-19)20-14-10-7-11-15-20/h6-15,18,23H,5,16-17H2,1-4H3/t18-/m0/s1. The molecule has 0 saturated carbocycles. The summed E-state index contributed by atoms with van der Waals surface area (Å²) in [6.07, 6.45) is -0.494. The molecule has 0 spiro atoms. The van der Waals surface area contributed by atoms with E-state index in [0.29, 0.717) is 6.04 Å². The molecule has 1 N–H and O–H groups in total. The van der Waals surface area contributed by atoms with Gasteiger partial charge in [0.25, 0.3) is 0 Å². The SMILES string of the molecule is CCC(=O)OOC[C@H](O)C[Si](c1ccccc1)(c1ccccc1)C(C)(C)C. The molecule has 0 aliphatic rings. The summed E-state index contributed by atoms with van der Waals surface area (Å²) in [4.78, 5) is 21.0. The Morgan fingerprint density at radius 1 is 1.00 bits per heavy atom. The highest BCUT2D eigenvalue weighted by molar-refractivity contribution is 7.04. The van der Waals surface area contributed by atoms with Gasteiger partial charge in [-0.25, -0.2) is 4.79 Å². The second-order valence-corrected chi connectivity index (χ2v) is 12.7. The van der Waals surface area contributed by atoms with Crippen molar-refractivity contribution in [3.8, 4) is 0 Å². The zero-order valence-electron chi connectivity index (χ0n) is 16.6. The average molecular weight is 387 g/mol.